The maximum atomic E-state index is 15.1. The molecule has 3 heterocycles. The first-order valence-electron chi connectivity index (χ1n) is 13.6. The van der Waals surface area contributed by atoms with Gasteiger partial charge in [0.25, 0.3) is 5.91 Å². The van der Waals surface area contributed by atoms with E-state index in [4.69, 9.17) is 4.74 Å². The van der Waals surface area contributed by atoms with E-state index in [1.165, 1.54) is 18.2 Å². The second kappa shape index (κ2) is 11.4. The molecule has 1 amide bonds. The van der Waals surface area contributed by atoms with Gasteiger partial charge in [0, 0.05) is 37.2 Å². The molecule has 0 atom stereocenters. The predicted molar refractivity (Wildman–Crippen MR) is 147 cm³/mol. The van der Waals surface area contributed by atoms with Crippen LogP contribution >= 0.6 is 0 Å². The number of amides is 1. The summed E-state index contributed by atoms with van der Waals surface area (Å²) in [6.07, 6.45) is 2.84. The third-order valence-electron chi connectivity index (χ3n) is 7.71. The molecule has 0 spiro atoms. The molecule has 10 heteroatoms. The molecule has 7 nitrogen and oxygen atoms in total. The number of carbonyl (C=O) groups excluding carboxylic acids is 1. The number of hydrogen-bond acceptors (Lipinski definition) is 6. The van der Waals surface area contributed by atoms with Gasteiger partial charge in [-0.25, -0.2) is 23.1 Å². The highest BCUT2D eigenvalue weighted by atomic mass is 19.1. The van der Waals surface area contributed by atoms with Crippen molar-refractivity contribution < 1.29 is 22.7 Å². The SMILES string of the molecule is CC(C)N1CCOc2c(F)cc(-c3nc(Cc4ccc(C(=O)N5CCC(N(C)C)CC5)c(F)c4)ncc3F)cc21. The van der Waals surface area contributed by atoms with Crippen molar-refractivity contribution in [3.63, 3.8) is 0 Å². The van der Waals surface area contributed by atoms with Gasteiger partial charge in [0.15, 0.2) is 17.4 Å². The Morgan fingerprint density at radius 2 is 1.80 bits per heavy atom. The standard InChI is InChI=1S/C30H34F3N5O2/c1-18(2)38-11-12-40-29-24(32)15-20(16-26(29)38)28-25(33)17-34-27(35-28)14-19-5-6-22(23(31)13-19)30(39)37-9-7-21(8-10-37)36(3)4/h5-6,13,15-18,21H,7-12,14H2,1-4H3. The first-order chi connectivity index (χ1) is 19.1. The molecule has 0 saturated carbocycles. The molecule has 1 fully saturated rings. The summed E-state index contributed by atoms with van der Waals surface area (Å²) in [6, 6.07) is 7.83. The van der Waals surface area contributed by atoms with Gasteiger partial charge >= 0.3 is 0 Å². The van der Waals surface area contributed by atoms with Crippen LogP contribution in [-0.4, -0.2) is 78.1 Å². The van der Waals surface area contributed by atoms with Crippen LogP contribution in [0.2, 0.25) is 0 Å². The Kier molecular flexibility index (Phi) is 7.98. The summed E-state index contributed by atoms with van der Waals surface area (Å²) < 4.78 is 50.4. The van der Waals surface area contributed by atoms with Gasteiger partial charge in [-0.15, -0.1) is 0 Å². The number of aromatic nitrogens is 2. The minimum Gasteiger partial charge on any atom is -0.486 e. The fourth-order valence-corrected chi connectivity index (χ4v) is 5.45. The molecule has 0 N–H and O–H groups in total. The van der Waals surface area contributed by atoms with Crippen LogP contribution in [0.4, 0.5) is 18.9 Å². The molecule has 1 saturated heterocycles. The summed E-state index contributed by atoms with van der Waals surface area (Å²) in [5, 5.41) is 0. The summed E-state index contributed by atoms with van der Waals surface area (Å²) in [5.41, 5.74) is 1.32. The molecule has 0 aliphatic carbocycles. The number of rotatable bonds is 6. The van der Waals surface area contributed by atoms with Crippen molar-refractivity contribution in [2.24, 2.45) is 0 Å². The van der Waals surface area contributed by atoms with Crippen molar-refractivity contribution in [1.29, 1.82) is 0 Å². The Morgan fingerprint density at radius 1 is 1.05 bits per heavy atom. The lowest BCUT2D eigenvalue weighted by atomic mass is 10.0. The van der Waals surface area contributed by atoms with E-state index in [0.717, 1.165) is 19.0 Å². The van der Waals surface area contributed by atoms with Crippen LogP contribution in [-0.2, 0) is 6.42 Å². The van der Waals surface area contributed by atoms with Gasteiger partial charge in [0.05, 0.1) is 24.0 Å². The van der Waals surface area contributed by atoms with E-state index < -0.39 is 17.5 Å². The van der Waals surface area contributed by atoms with Crippen LogP contribution in [0.15, 0.2) is 36.5 Å². The Labute approximate surface area is 232 Å². The largest absolute Gasteiger partial charge is 0.486 e. The van der Waals surface area contributed by atoms with E-state index in [-0.39, 0.29) is 46.8 Å². The number of piperidine rings is 1. The second-order valence-electron chi connectivity index (χ2n) is 10.9. The molecule has 0 bridgehead atoms. The van der Waals surface area contributed by atoms with Crippen molar-refractivity contribution in [1.82, 2.24) is 19.8 Å². The van der Waals surface area contributed by atoms with E-state index >= 15 is 4.39 Å². The van der Waals surface area contributed by atoms with Gasteiger partial charge in [-0.05, 0) is 70.6 Å². The average Bonchev–Trinajstić information content (AvgIpc) is 2.93. The zero-order valence-corrected chi connectivity index (χ0v) is 23.3. The monoisotopic (exact) mass is 553 g/mol. The van der Waals surface area contributed by atoms with E-state index in [1.54, 1.807) is 17.0 Å². The van der Waals surface area contributed by atoms with Crippen LogP contribution in [0.1, 0.15) is 48.4 Å². The lowest BCUT2D eigenvalue weighted by Gasteiger charge is -2.35. The minimum atomic E-state index is -0.693. The average molecular weight is 554 g/mol. The fourth-order valence-electron chi connectivity index (χ4n) is 5.45. The van der Waals surface area contributed by atoms with E-state index in [9.17, 15) is 13.6 Å². The number of likely N-dealkylation sites (tertiary alicyclic amines) is 1. The first-order valence-corrected chi connectivity index (χ1v) is 13.6. The molecule has 2 aliphatic heterocycles. The summed E-state index contributed by atoms with van der Waals surface area (Å²) in [6.45, 7) is 6.10. The molecular formula is C30H34F3N5O2. The highest BCUT2D eigenvalue weighted by Crippen LogP contribution is 2.39. The molecular weight excluding hydrogens is 519 g/mol. The summed E-state index contributed by atoms with van der Waals surface area (Å²) >= 11 is 0. The van der Waals surface area contributed by atoms with Crippen molar-refractivity contribution in [3.8, 4) is 17.0 Å². The highest BCUT2D eigenvalue weighted by Gasteiger charge is 2.27. The number of carbonyl (C=O) groups is 1. The normalized spacial score (nSPS) is 15.9. The Morgan fingerprint density at radius 3 is 2.48 bits per heavy atom. The Balaban J connectivity index is 1.36. The highest BCUT2D eigenvalue weighted by molar-refractivity contribution is 5.94. The molecule has 2 aliphatic rings. The molecule has 1 aromatic heterocycles. The van der Waals surface area contributed by atoms with Gasteiger partial charge in [0.2, 0.25) is 0 Å². The summed E-state index contributed by atoms with van der Waals surface area (Å²) in [7, 11) is 4.05. The van der Waals surface area contributed by atoms with E-state index in [0.29, 0.717) is 43.5 Å². The molecule has 0 radical (unpaired) electrons. The molecule has 3 aromatic rings. The van der Waals surface area contributed by atoms with E-state index in [1.807, 2.05) is 32.8 Å². The van der Waals surface area contributed by atoms with Crippen molar-refractivity contribution in [2.45, 2.75) is 45.2 Å². The fraction of sp³-hybridized carbons (Fsp3) is 0.433. The number of halogens is 3. The third kappa shape index (κ3) is 5.63. The van der Waals surface area contributed by atoms with Crippen LogP contribution in [0.5, 0.6) is 5.75 Å². The summed E-state index contributed by atoms with van der Waals surface area (Å²) in [4.78, 5) is 27.2. The molecule has 5 rings (SSSR count). The molecule has 212 valence electrons. The van der Waals surface area contributed by atoms with Gasteiger partial charge in [0.1, 0.15) is 23.9 Å². The molecule has 0 unspecified atom stereocenters. The lowest BCUT2D eigenvalue weighted by molar-refractivity contribution is 0.0658. The predicted octanol–water partition coefficient (Wildman–Crippen LogP) is 4.93. The zero-order chi connectivity index (χ0) is 28.6. The Hall–Kier alpha value is -3.66. The maximum Gasteiger partial charge on any atom is 0.256 e. The minimum absolute atomic E-state index is 0.0224. The third-order valence-corrected chi connectivity index (χ3v) is 7.71. The zero-order valence-electron chi connectivity index (χ0n) is 23.3. The summed E-state index contributed by atoms with van der Waals surface area (Å²) in [5.74, 6) is -1.84. The van der Waals surface area contributed by atoms with Crippen LogP contribution < -0.4 is 9.64 Å². The van der Waals surface area contributed by atoms with Gasteiger partial charge < -0.3 is 19.4 Å². The van der Waals surface area contributed by atoms with Crippen LogP contribution in [0.25, 0.3) is 11.3 Å². The van der Waals surface area contributed by atoms with Gasteiger partial charge in [-0.3, -0.25) is 4.79 Å². The van der Waals surface area contributed by atoms with Crippen molar-refractivity contribution in [2.75, 3.05) is 45.2 Å². The van der Waals surface area contributed by atoms with Crippen LogP contribution in [0, 0.1) is 17.5 Å². The topological polar surface area (TPSA) is 61.8 Å². The molecule has 2 aromatic carbocycles. The van der Waals surface area contributed by atoms with Gasteiger partial charge in [-0.1, -0.05) is 6.07 Å². The number of hydrogen-bond donors (Lipinski definition) is 0. The number of ether oxygens (including phenoxy) is 1. The Bertz CT molecular complexity index is 1410. The maximum absolute atomic E-state index is 15.1. The van der Waals surface area contributed by atoms with Gasteiger partial charge in [-0.2, -0.15) is 0 Å². The number of anilines is 1. The quantitative estimate of drug-likeness (QED) is 0.432. The van der Waals surface area contributed by atoms with E-state index in [2.05, 4.69) is 14.9 Å². The first kappa shape index (κ1) is 27.9. The van der Waals surface area contributed by atoms with Crippen molar-refractivity contribution >= 4 is 11.6 Å². The lowest BCUT2D eigenvalue weighted by Crippen LogP contribution is -2.44. The molecule has 40 heavy (non-hydrogen) atoms. The number of fused-ring (bicyclic) bond motifs is 1. The second-order valence-corrected chi connectivity index (χ2v) is 10.9. The number of nitrogens with zero attached hydrogens (tertiary/aromatic N) is 5. The number of benzene rings is 2. The smallest absolute Gasteiger partial charge is 0.256 e. The van der Waals surface area contributed by atoms with Crippen molar-refractivity contribution in [3.05, 3.63) is 70.9 Å². The van der Waals surface area contributed by atoms with Crippen LogP contribution in [0.3, 0.4) is 0 Å².